The van der Waals surface area contributed by atoms with Crippen LogP contribution in [-0.4, -0.2) is 19.9 Å². The van der Waals surface area contributed by atoms with Crippen LogP contribution in [0.15, 0.2) is 42.9 Å². The van der Waals surface area contributed by atoms with E-state index in [0.29, 0.717) is 16.5 Å². The fourth-order valence-electron chi connectivity index (χ4n) is 2.36. The summed E-state index contributed by atoms with van der Waals surface area (Å²) in [5.74, 6) is 0.586. The summed E-state index contributed by atoms with van der Waals surface area (Å²) in [5.41, 5.74) is 2.19. The first-order chi connectivity index (χ1) is 12.4. The van der Waals surface area contributed by atoms with E-state index in [0.717, 1.165) is 11.1 Å². The SMILES string of the molecule is Cc1ccnc(Nc2ncnc(Nc3ccc(Cl)cc3C)c2[N+](=O)[O-])c1. The Kier molecular flexibility index (Phi) is 4.94. The van der Waals surface area contributed by atoms with E-state index in [1.807, 2.05) is 19.9 Å². The summed E-state index contributed by atoms with van der Waals surface area (Å²) < 4.78 is 0. The van der Waals surface area contributed by atoms with Gasteiger partial charge in [-0.05, 0) is 55.3 Å². The van der Waals surface area contributed by atoms with Crippen molar-refractivity contribution in [3.8, 4) is 0 Å². The molecule has 0 aliphatic rings. The Balaban J connectivity index is 1.99. The second-order valence-corrected chi connectivity index (χ2v) is 6.04. The molecule has 3 aromatic rings. The van der Waals surface area contributed by atoms with Gasteiger partial charge in [0.2, 0.25) is 11.6 Å². The molecule has 1 aromatic carbocycles. The quantitative estimate of drug-likeness (QED) is 0.501. The van der Waals surface area contributed by atoms with Gasteiger partial charge in [0.15, 0.2) is 0 Å². The van der Waals surface area contributed by atoms with Crippen molar-refractivity contribution < 1.29 is 4.92 Å². The van der Waals surface area contributed by atoms with Crippen molar-refractivity contribution in [3.05, 3.63) is 69.1 Å². The topological polar surface area (TPSA) is 106 Å². The largest absolute Gasteiger partial charge is 0.353 e. The lowest BCUT2D eigenvalue weighted by atomic mass is 10.2. The zero-order valence-electron chi connectivity index (χ0n) is 14.0. The van der Waals surface area contributed by atoms with Gasteiger partial charge in [0.05, 0.1) is 4.92 Å². The fraction of sp³-hybridized carbons (Fsp3) is 0.118. The summed E-state index contributed by atoms with van der Waals surface area (Å²) in [6, 6.07) is 8.78. The van der Waals surface area contributed by atoms with E-state index in [4.69, 9.17) is 11.6 Å². The maximum absolute atomic E-state index is 11.6. The third-order valence-corrected chi connectivity index (χ3v) is 3.84. The molecule has 2 heterocycles. The lowest BCUT2D eigenvalue weighted by molar-refractivity contribution is -0.383. The van der Waals surface area contributed by atoms with E-state index < -0.39 is 4.92 Å². The zero-order valence-corrected chi connectivity index (χ0v) is 14.8. The summed E-state index contributed by atoms with van der Waals surface area (Å²) in [4.78, 5) is 23.3. The standard InChI is InChI=1S/C17H15ClN6O2/c1-10-5-6-19-14(7-10)23-17-15(24(25)26)16(20-9-21-17)22-13-4-3-12(18)8-11(13)2/h3-9H,1-2H3,(H2,19,20,21,22,23). The summed E-state index contributed by atoms with van der Waals surface area (Å²) in [6.45, 7) is 3.74. The molecule has 9 heteroatoms. The second-order valence-electron chi connectivity index (χ2n) is 5.60. The Morgan fingerprint density at radius 3 is 2.42 bits per heavy atom. The number of hydrogen-bond donors (Lipinski definition) is 2. The number of aryl methyl sites for hydroxylation is 2. The molecule has 0 unspecified atom stereocenters. The highest BCUT2D eigenvalue weighted by atomic mass is 35.5. The van der Waals surface area contributed by atoms with Crippen LogP contribution in [0, 0.1) is 24.0 Å². The fourth-order valence-corrected chi connectivity index (χ4v) is 2.58. The van der Waals surface area contributed by atoms with E-state index in [1.165, 1.54) is 6.33 Å². The molecule has 0 amide bonds. The number of pyridine rings is 1. The molecule has 26 heavy (non-hydrogen) atoms. The van der Waals surface area contributed by atoms with Crippen LogP contribution in [0.4, 0.5) is 28.8 Å². The molecule has 0 atom stereocenters. The molecule has 132 valence electrons. The van der Waals surface area contributed by atoms with Crippen molar-refractivity contribution in [3.63, 3.8) is 0 Å². The van der Waals surface area contributed by atoms with E-state index >= 15 is 0 Å². The van der Waals surface area contributed by atoms with Gasteiger partial charge in [-0.1, -0.05) is 11.6 Å². The van der Waals surface area contributed by atoms with E-state index in [-0.39, 0.29) is 17.3 Å². The van der Waals surface area contributed by atoms with Crippen LogP contribution in [0.3, 0.4) is 0 Å². The van der Waals surface area contributed by atoms with Crippen LogP contribution in [0.2, 0.25) is 5.02 Å². The van der Waals surface area contributed by atoms with Gasteiger partial charge in [-0.3, -0.25) is 10.1 Å². The van der Waals surface area contributed by atoms with Gasteiger partial charge in [-0.2, -0.15) is 0 Å². The Bertz CT molecular complexity index is 979. The van der Waals surface area contributed by atoms with Gasteiger partial charge >= 0.3 is 5.69 Å². The number of aromatic nitrogens is 3. The summed E-state index contributed by atoms with van der Waals surface area (Å²) >= 11 is 5.95. The van der Waals surface area contributed by atoms with E-state index in [2.05, 4.69) is 25.6 Å². The lowest BCUT2D eigenvalue weighted by Crippen LogP contribution is -2.06. The Hall–Kier alpha value is -3.26. The highest BCUT2D eigenvalue weighted by molar-refractivity contribution is 6.30. The van der Waals surface area contributed by atoms with Crippen LogP contribution in [-0.2, 0) is 0 Å². The molecule has 0 aliphatic carbocycles. The number of halogens is 1. The Labute approximate surface area is 154 Å². The first-order valence-corrected chi connectivity index (χ1v) is 8.04. The second kappa shape index (κ2) is 7.32. The molecule has 0 fully saturated rings. The number of benzene rings is 1. The molecule has 0 aliphatic heterocycles. The third-order valence-electron chi connectivity index (χ3n) is 3.61. The number of hydrogen-bond acceptors (Lipinski definition) is 7. The molecule has 3 rings (SSSR count). The number of nitrogens with one attached hydrogen (secondary N) is 2. The van der Waals surface area contributed by atoms with Gasteiger partial charge in [0.25, 0.3) is 0 Å². The molecular formula is C17H15ClN6O2. The van der Waals surface area contributed by atoms with Crippen LogP contribution in [0.5, 0.6) is 0 Å². The molecule has 0 radical (unpaired) electrons. The molecule has 2 aromatic heterocycles. The van der Waals surface area contributed by atoms with Gasteiger partial charge in [-0.15, -0.1) is 0 Å². The van der Waals surface area contributed by atoms with E-state index in [1.54, 1.807) is 30.5 Å². The van der Waals surface area contributed by atoms with Crippen LogP contribution in [0.1, 0.15) is 11.1 Å². The van der Waals surface area contributed by atoms with Crippen molar-refractivity contribution >= 4 is 40.4 Å². The highest BCUT2D eigenvalue weighted by Crippen LogP contribution is 2.33. The average molecular weight is 371 g/mol. The number of anilines is 4. The highest BCUT2D eigenvalue weighted by Gasteiger charge is 2.24. The minimum absolute atomic E-state index is 0.0530. The maximum atomic E-state index is 11.6. The average Bonchev–Trinajstić information content (AvgIpc) is 2.57. The van der Waals surface area contributed by atoms with Crippen molar-refractivity contribution in [1.82, 2.24) is 15.0 Å². The van der Waals surface area contributed by atoms with Crippen molar-refractivity contribution in [2.45, 2.75) is 13.8 Å². The molecule has 8 nitrogen and oxygen atoms in total. The number of nitro groups is 1. The summed E-state index contributed by atoms with van der Waals surface area (Å²) in [5, 5.41) is 18.1. The molecule has 0 bridgehead atoms. The Morgan fingerprint density at radius 1 is 1.04 bits per heavy atom. The molecule has 0 spiro atoms. The lowest BCUT2D eigenvalue weighted by Gasteiger charge is -2.11. The monoisotopic (exact) mass is 370 g/mol. The first-order valence-electron chi connectivity index (χ1n) is 7.66. The van der Waals surface area contributed by atoms with Crippen molar-refractivity contribution in [2.75, 3.05) is 10.6 Å². The predicted octanol–water partition coefficient (Wildman–Crippen LogP) is 4.54. The minimum atomic E-state index is -0.536. The predicted molar refractivity (Wildman–Crippen MR) is 100 cm³/mol. The van der Waals surface area contributed by atoms with Crippen LogP contribution >= 0.6 is 11.6 Å². The van der Waals surface area contributed by atoms with Crippen molar-refractivity contribution in [1.29, 1.82) is 0 Å². The Morgan fingerprint density at radius 2 is 1.77 bits per heavy atom. The molecule has 0 saturated heterocycles. The first kappa shape index (κ1) is 17.6. The number of nitrogens with zero attached hydrogens (tertiary/aromatic N) is 4. The third kappa shape index (κ3) is 3.86. The molecular weight excluding hydrogens is 356 g/mol. The van der Waals surface area contributed by atoms with Gasteiger partial charge in [-0.25, -0.2) is 15.0 Å². The maximum Gasteiger partial charge on any atom is 0.353 e. The molecule has 0 saturated carbocycles. The van der Waals surface area contributed by atoms with Crippen LogP contribution in [0.25, 0.3) is 0 Å². The molecule has 2 N–H and O–H groups in total. The smallest absolute Gasteiger partial charge is 0.334 e. The summed E-state index contributed by atoms with van der Waals surface area (Å²) in [7, 11) is 0. The zero-order chi connectivity index (χ0) is 18.7. The summed E-state index contributed by atoms with van der Waals surface area (Å²) in [6.07, 6.45) is 2.86. The van der Waals surface area contributed by atoms with Gasteiger partial charge in [0.1, 0.15) is 12.1 Å². The van der Waals surface area contributed by atoms with Gasteiger partial charge < -0.3 is 10.6 Å². The number of rotatable bonds is 5. The van der Waals surface area contributed by atoms with Crippen LogP contribution < -0.4 is 10.6 Å². The normalized spacial score (nSPS) is 10.4. The van der Waals surface area contributed by atoms with Gasteiger partial charge in [0, 0.05) is 16.9 Å². The van der Waals surface area contributed by atoms with E-state index in [9.17, 15) is 10.1 Å². The van der Waals surface area contributed by atoms with Crippen molar-refractivity contribution in [2.24, 2.45) is 0 Å². The minimum Gasteiger partial charge on any atom is -0.334 e.